The van der Waals surface area contributed by atoms with Gasteiger partial charge in [0.05, 0.1) is 0 Å². The molecule has 0 aliphatic heterocycles. The predicted octanol–water partition coefficient (Wildman–Crippen LogP) is 4.55. The van der Waals surface area contributed by atoms with Crippen molar-refractivity contribution in [1.82, 2.24) is 0 Å². The highest BCUT2D eigenvalue weighted by atomic mass is 14.2. The molecule has 2 aliphatic carbocycles. The van der Waals surface area contributed by atoms with Crippen LogP contribution in [0.3, 0.4) is 0 Å². The first kappa shape index (κ1) is 10.5. The molecule has 0 heterocycles. The zero-order chi connectivity index (χ0) is 10.5. The Bertz CT molecular complexity index is 329. The molecule has 0 aromatic rings. The van der Waals surface area contributed by atoms with E-state index in [0.717, 1.165) is 12.3 Å². The monoisotopic (exact) mass is 200 g/mol. The summed E-state index contributed by atoms with van der Waals surface area (Å²) in [7, 11) is 0. The lowest BCUT2D eigenvalue weighted by atomic mass is 9.83. The molecule has 0 radical (unpaired) electrons. The molecule has 2 aliphatic rings. The molecule has 0 nitrogen and oxygen atoms in total. The summed E-state index contributed by atoms with van der Waals surface area (Å²) in [4.78, 5) is 0. The van der Waals surface area contributed by atoms with E-state index >= 15 is 0 Å². The maximum absolute atomic E-state index is 3.33. The predicted molar refractivity (Wildman–Crippen MR) is 65.7 cm³/mol. The number of hydrogen-bond donors (Lipinski definition) is 0. The number of allylic oxidation sites excluding steroid dienone is 5. The molecule has 15 heavy (non-hydrogen) atoms. The SMILES string of the molecule is CCC1=C=CC=C(C2CCCCC2)C=C1. The van der Waals surface area contributed by atoms with Gasteiger partial charge >= 0.3 is 0 Å². The molecule has 0 N–H and O–H groups in total. The molecule has 0 spiro atoms. The first-order chi connectivity index (χ1) is 7.40. The van der Waals surface area contributed by atoms with E-state index in [9.17, 15) is 0 Å². The minimum absolute atomic E-state index is 0.809. The van der Waals surface area contributed by atoms with Crippen molar-refractivity contribution in [3.63, 3.8) is 0 Å². The van der Waals surface area contributed by atoms with Crippen LogP contribution in [0.2, 0.25) is 0 Å². The summed E-state index contributed by atoms with van der Waals surface area (Å²) in [6, 6.07) is 0. The van der Waals surface area contributed by atoms with Crippen LogP contribution >= 0.6 is 0 Å². The Labute approximate surface area is 93.1 Å². The molecule has 1 fully saturated rings. The van der Waals surface area contributed by atoms with E-state index in [2.05, 4.69) is 37.0 Å². The van der Waals surface area contributed by atoms with Gasteiger partial charge in [0, 0.05) is 0 Å². The van der Waals surface area contributed by atoms with Crippen molar-refractivity contribution < 1.29 is 0 Å². The highest BCUT2D eigenvalue weighted by Crippen LogP contribution is 2.31. The fraction of sp³-hybridized carbons (Fsp3) is 0.533. The van der Waals surface area contributed by atoms with E-state index in [1.54, 1.807) is 0 Å². The van der Waals surface area contributed by atoms with Crippen molar-refractivity contribution in [2.45, 2.75) is 45.4 Å². The van der Waals surface area contributed by atoms with E-state index in [-0.39, 0.29) is 0 Å². The molecule has 0 saturated heterocycles. The van der Waals surface area contributed by atoms with Gasteiger partial charge in [-0.1, -0.05) is 44.4 Å². The van der Waals surface area contributed by atoms with E-state index in [1.165, 1.54) is 43.3 Å². The summed E-state index contributed by atoms with van der Waals surface area (Å²) >= 11 is 0. The molecule has 1 saturated carbocycles. The molecule has 0 aromatic heterocycles. The lowest BCUT2D eigenvalue weighted by Gasteiger charge is -2.22. The molecule has 0 bridgehead atoms. The first-order valence-corrected chi connectivity index (χ1v) is 6.24. The lowest BCUT2D eigenvalue weighted by molar-refractivity contribution is 0.408. The molecule has 0 heteroatoms. The Kier molecular flexibility index (Phi) is 3.64. The maximum atomic E-state index is 3.33. The zero-order valence-corrected chi connectivity index (χ0v) is 9.63. The van der Waals surface area contributed by atoms with Crippen molar-refractivity contribution in [1.29, 1.82) is 0 Å². The van der Waals surface area contributed by atoms with Crippen molar-refractivity contribution in [3.8, 4) is 0 Å². The van der Waals surface area contributed by atoms with E-state index < -0.39 is 0 Å². The van der Waals surface area contributed by atoms with Gasteiger partial charge in [-0.05, 0) is 42.4 Å². The third kappa shape index (κ3) is 2.73. The third-order valence-corrected chi connectivity index (χ3v) is 3.48. The van der Waals surface area contributed by atoms with Crippen LogP contribution < -0.4 is 0 Å². The lowest BCUT2D eigenvalue weighted by Crippen LogP contribution is -2.07. The van der Waals surface area contributed by atoms with Gasteiger partial charge in [-0.2, -0.15) is 0 Å². The van der Waals surface area contributed by atoms with Crippen molar-refractivity contribution in [3.05, 3.63) is 41.2 Å². The average molecular weight is 200 g/mol. The molecule has 80 valence electrons. The van der Waals surface area contributed by atoms with Gasteiger partial charge in [-0.15, -0.1) is 5.73 Å². The molecular formula is C15H20. The quantitative estimate of drug-likeness (QED) is 0.573. The van der Waals surface area contributed by atoms with Crippen molar-refractivity contribution in [2.24, 2.45) is 5.92 Å². The molecule has 0 atom stereocenters. The van der Waals surface area contributed by atoms with Crippen LogP contribution in [0.4, 0.5) is 0 Å². The second kappa shape index (κ2) is 5.19. The van der Waals surface area contributed by atoms with Crippen LogP contribution in [-0.4, -0.2) is 0 Å². The first-order valence-electron chi connectivity index (χ1n) is 6.24. The second-order valence-corrected chi connectivity index (χ2v) is 4.52. The van der Waals surface area contributed by atoms with Gasteiger partial charge in [0.1, 0.15) is 0 Å². The van der Waals surface area contributed by atoms with Crippen LogP contribution in [0.15, 0.2) is 41.2 Å². The molecule has 2 rings (SSSR count). The fourth-order valence-electron chi connectivity index (χ4n) is 2.47. The van der Waals surface area contributed by atoms with Crippen LogP contribution in [0.5, 0.6) is 0 Å². The summed E-state index contributed by atoms with van der Waals surface area (Å²) in [5.41, 5.74) is 6.16. The topological polar surface area (TPSA) is 0 Å². The number of rotatable bonds is 2. The van der Waals surface area contributed by atoms with Crippen molar-refractivity contribution >= 4 is 0 Å². The Morgan fingerprint density at radius 1 is 1.20 bits per heavy atom. The third-order valence-electron chi connectivity index (χ3n) is 3.48. The smallest absolute Gasteiger partial charge is 0.00630 e. The van der Waals surface area contributed by atoms with E-state index in [1.807, 2.05) is 0 Å². The highest BCUT2D eigenvalue weighted by Gasteiger charge is 2.15. The Balaban J connectivity index is 2.07. The van der Waals surface area contributed by atoms with Crippen LogP contribution in [0, 0.1) is 5.92 Å². The van der Waals surface area contributed by atoms with Gasteiger partial charge < -0.3 is 0 Å². The van der Waals surface area contributed by atoms with Crippen LogP contribution in [-0.2, 0) is 0 Å². The van der Waals surface area contributed by atoms with Gasteiger partial charge in [-0.3, -0.25) is 0 Å². The minimum atomic E-state index is 0.809. The fourth-order valence-corrected chi connectivity index (χ4v) is 2.47. The van der Waals surface area contributed by atoms with E-state index in [4.69, 9.17) is 0 Å². The van der Waals surface area contributed by atoms with Gasteiger partial charge in [0.15, 0.2) is 0 Å². The summed E-state index contributed by atoms with van der Waals surface area (Å²) in [5.74, 6) is 0.809. The molecular weight excluding hydrogens is 180 g/mol. The summed E-state index contributed by atoms with van der Waals surface area (Å²) in [6.07, 6.45) is 17.0. The number of hydrogen-bond acceptors (Lipinski definition) is 0. The van der Waals surface area contributed by atoms with Crippen LogP contribution in [0.1, 0.15) is 45.4 Å². The normalized spacial score (nSPS) is 22.2. The van der Waals surface area contributed by atoms with Crippen molar-refractivity contribution in [2.75, 3.05) is 0 Å². The molecule has 0 aromatic carbocycles. The largest absolute Gasteiger partial charge is 0.117 e. The Hall–Kier alpha value is -1.00. The summed E-state index contributed by atoms with van der Waals surface area (Å²) < 4.78 is 0. The zero-order valence-electron chi connectivity index (χ0n) is 9.63. The summed E-state index contributed by atoms with van der Waals surface area (Å²) in [5, 5.41) is 0. The second-order valence-electron chi connectivity index (χ2n) is 4.52. The van der Waals surface area contributed by atoms with Crippen LogP contribution in [0.25, 0.3) is 0 Å². The maximum Gasteiger partial charge on any atom is -0.00630 e. The Morgan fingerprint density at radius 2 is 2.00 bits per heavy atom. The molecule has 0 unspecified atom stereocenters. The van der Waals surface area contributed by atoms with Gasteiger partial charge in [-0.25, -0.2) is 0 Å². The highest BCUT2D eigenvalue weighted by molar-refractivity contribution is 5.35. The van der Waals surface area contributed by atoms with Gasteiger partial charge in [0.2, 0.25) is 0 Å². The summed E-state index contributed by atoms with van der Waals surface area (Å²) in [6.45, 7) is 2.19. The van der Waals surface area contributed by atoms with E-state index in [0.29, 0.717) is 0 Å². The van der Waals surface area contributed by atoms with Gasteiger partial charge in [0.25, 0.3) is 0 Å². The minimum Gasteiger partial charge on any atom is -0.117 e. The molecule has 0 amide bonds. The standard InChI is InChI=1S/C15H20/c1-2-13-7-6-10-15(12-11-13)14-8-4-3-5-9-14/h6,10-12,14H,2-5,8-9H2,1H3. The Morgan fingerprint density at radius 3 is 2.73 bits per heavy atom. The average Bonchev–Trinajstić information content (AvgIpc) is 2.55.